The molecule has 0 saturated heterocycles. The van der Waals surface area contributed by atoms with Crippen molar-refractivity contribution in [2.24, 2.45) is 0 Å². The van der Waals surface area contributed by atoms with E-state index in [1.165, 1.54) is 0 Å². The van der Waals surface area contributed by atoms with Crippen molar-refractivity contribution in [2.45, 2.75) is 39.2 Å². The SMILES string of the molecule is CCC(C)N(C)c1cc2c(cc1N)CCC(=O)N2. The molecule has 1 unspecified atom stereocenters. The van der Waals surface area contributed by atoms with Crippen LogP contribution < -0.4 is 16.0 Å². The molecule has 4 heteroatoms. The Morgan fingerprint density at radius 1 is 1.44 bits per heavy atom. The third kappa shape index (κ3) is 2.28. The number of benzene rings is 1. The van der Waals surface area contributed by atoms with Crippen molar-refractivity contribution >= 4 is 23.0 Å². The first kappa shape index (κ1) is 12.7. The van der Waals surface area contributed by atoms with E-state index in [-0.39, 0.29) is 5.91 Å². The van der Waals surface area contributed by atoms with Gasteiger partial charge in [-0.25, -0.2) is 0 Å². The highest BCUT2D eigenvalue weighted by Gasteiger charge is 2.19. The molecule has 1 aliphatic rings. The van der Waals surface area contributed by atoms with Crippen molar-refractivity contribution in [3.8, 4) is 0 Å². The first-order chi connectivity index (χ1) is 8.52. The van der Waals surface area contributed by atoms with E-state index in [0.717, 1.165) is 35.5 Å². The summed E-state index contributed by atoms with van der Waals surface area (Å²) in [4.78, 5) is 13.6. The van der Waals surface area contributed by atoms with Crippen LogP contribution in [-0.4, -0.2) is 19.0 Å². The van der Waals surface area contributed by atoms with Gasteiger partial charge in [0.05, 0.1) is 11.4 Å². The summed E-state index contributed by atoms with van der Waals surface area (Å²) in [6.45, 7) is 4.31. The van der Waals surface area contributed by atoms with Crippen molar-refractivity contribution in [1.82, 2.24) is 0 Å². The first-order valence-corrected chi connectivity index (χ1v) is 6.48. The molecule has 2 rings (SSSR count). The van der Waals surface area contributed by atoms with Crippen molar-refractivity contribution in [1.29, 1.82) is 0 Å². The number of nitrogens with two attached hydrogens (primary N) is 1. The summed E-state index contributed by atoms with van der Waals surface area (Å²) in [5.41, 5.74) is 9.93. The van der Waals surface area contributed by atoms with Gasteiger partial charge in [-0.15, -0.1) is 0 Å². The number of carbonyl (C=O) groups excluding carboxylic acids is 1. The molecule has 0 spiro atoms. The average molecular weight is 247 g/mol. The number of aryl methyl sites for hydroxylation is 1. The van der Waals surface area contributed by atoms with Gasteiger partial charge in [0.25, 0.3) is 0 Å². The van der Waals surface area contributed by atoms with Gasteiger partial charge in [-0.05, 0) is 37.5 Å². The number of amides is 1. The third-order valence-corrected chi connectivity index (χ3v) is 3.78. The van der Waals surface area contributed by atoms with Crippen LogP contribution in [0.5, 0.6) is 0 Å². The van der Waals surface area contributed by atoms with Crippen molar-refractivity contribution in [2.75, 3.05) is 23.0 Å². The maximum atomic E-state index is 11.4. The number of hydrogen-bond acceptors (Lipinski definition) is 3. The zero-order chi connectivity index (χ0) is 13.3. The lowest BCUT2D eigenvalue weighted by Gasteiger charge is -2.29. The molecule has 4 nitrogen and oxygen atoms in total. The number of anilines is 3. The fourth-order valence-electron chi connectivity index (χ4n) is 2.25. The Morgan fingerprint density at radius 2 is 2.17 bits per heavy atom. The molecule has 98 valence electrons. The fourth-order valence-corrected chi connectivity index (χ4v) is 2.25. The van der Waals surface area contributed by atoms with E-state index in [1.54, 1.807) is 0 Å². The first-order valence-electron chi connectivity index (χ1n) is 6.48. The lowest BCUT2D eigenvalue weighted by Crippen LogP contribution is -2.29. The summed E-state index contributed by atoms with van der Waals surface area (Å²) in [6.07, 6.45) is 2.38. The summed E-state index contributed by atoms with van der Waals surface area (Å²) in [7, 11) is 2.04. The third-order valence-electron chi connectivity index (χ3n) is 3.78. The molecular weight excluding hydrogens is 226 g/mol. The van der Waals surface area contributed by atoms with E-state index in [2.05, 4.69) is 24.1 Å². The van der Waals surface area contributed by atoms with Crippen LogP contribution in [-0.2, 0) is 11.2 Å². The van der Waals surface area contributed by atoms with Crippen LogP contribution in [0.2, 0.25) is 0 Å². The summed E-state index contributed by atoms with van der Waals surface area (Å²) >= 11 is 0. The van der Waals surface area contributed by atoms with Gasteiger partial charge in [0.1, 0.15) is 0 Å². The topological polar surface area (TPSA) is 58.4 Å². The predicted octanol–water partition coefficient (Wildman–Crippen LogP) is 2.39. The monoisotopic (exact) mass is 247 g/mol. The second-order valence-electron chi connectivity index (χ2n) is 4.98. The van der Waals surface area contributed by atoms with Crippen LogP contribution in [0.25, 0.3) is 0 Å². The number of carbonyl (C=O) groups is 1. The van der Waals surface area contributed by atoms with Gasteiger partial charge >= 0.3 is 0 Å². The molecule has 1 heterocycles. The zero-order valence-corrected chi connectivity index (χ0v) is 11.3. The average Bonchev–Trinajstić information content (AvgIpc) is 2.36. The van der Waals surface area contributed by atoms with Crippen LogP contribution in [0.15, 0.2) is 12.1 Å². The second kappa shape index (κ2) is 4.88. The molecule has 1 aliphatic heterocycles. The molecule has 0 saturated carbocycles. The zero-order valence-electron chi connectivity index (χ0n) is 11.3. The minimum atomic E-state index is 0.0874. The minimum absolute atomic E-state index is 0.0874. The van der Waals surface area contributed by atoms with Crippen LogP contribution in [0.4, 0.5) is 17.1 Å². The minimum Gasteiger partial charge on any atom is -0.397 e. The Morgan fingerprint density at radius 3 is 2.83 bits per heavy atom. The highest BCUT2D eigenvalue weighted by atomic mass is 16.1. The Kier molecular flexibility index (Phi) is 3.45. The number of hydrogen-bond donors (Lipinski definition) is 2. The van der Waals surface area contributed by atoms with Gasteiger partial charge in [0.15, 0.2) is 0 Å². The maximum absolute atomic E-state index is 11.4. The van der Waals surface area contributed by atoms with Crippen molar-refractivity contribution in [3.05, 3.63) is 17.7 Å². The smallest absolute Gasteiger partial charge is 0.224 e. The molecule has 0 radical (unpaired) electrons. The van der Waals surface area contributed by atoms with Gasteiger partial charge in [-0.3, -0.25) is 4.79 Å². The van der Waals surface area contributed by atoms with E-state index in [9.17, 15) is 4.79 Å². The molecule has 18 heavy (non-hydrogen) atoms. The fraction of sp³-hybridized carbons (Fsp3) is 0.500. The molecule has 0 aromatic heterocycles. The normalized spacial score (nSPS) is 15.8. The number of nitrogens with one attached hydrogen (secondary N) is 1. The van der Waals surface area contributed by atoms with Gasteiger partial charge in [0.2, 0.25) is 5.91 Å². The molecule has 1 aromatic rings. The van der Waals surface area contributed by atoms with E-state index < -0.39 is 0 Å². The summed E-state index contributed by atoms with van der Waals surface area (Å²) in [5.74, 6) is 0.0874. The van der Waals surface area contributed by atoms with Gasteiger partial charge in [-0.2, -0.15) is 0 Å². The van der Waals surface area contributed by atoms with Gasteiger partial charge in [0, 0.05) is 25.2 Å². The molecule has 1 aromatic carbocycles. The summed E-state index contributed by atoms with van der Waals surface area (Å²) < 4.78 is 0. The van der Waals surface area contributed by atoms with Crippen LogP contribution in [0.1, 0.15) is 32.3 Å². The van der Waals surface area contributed by atoms with Crippen LogP contribution >= 0.6 is 0 Å². The largest absolute Gasteiger partial charge is 0.397 e. The molecule has 0 bridgehead atoms. The van der Waals surface area contributed by atoms with Crippen LogP contribution in [0, 0.1) is 0 Å². The molecule has 1 atom stereocenters. The molecule has 3 N–H and O–H groups in total. The van der Waals surface area contributed by atoms with Gasteiger partial charge in [-0.1, -0.05) is 6.92 Å². The number of rotatable bonds is 3. The van der Waals surface area contributed by atoms with Crippen LogP contribution in [0.3, 0.4) is 0 Å². The van der Waals surface area contributed by atoms with E-state index in [0.29, 0.717) is 12.5 Å². The number of fused-ring (bicyclic) bond motifs is 1. The van der Waals surface area contributed by atoms with Crippen molar-refractivity contribution in [3.63, 3.8) is 0 Å². The molecular formula is C14H21N3O. The lowest BCUT2D eigenvalue weighted by atomic mass is 10.0. The quantitative estimate of drug-likeness (QED) is 0.806. The molecule has 0 aliphatic carbocycles. The highest BCUT2D eigenvalue weighted by Crippen LogP contribution is 2.33. The Bertz CT molecular complexity index is 470. The number of nitrogens with zero attached hydrogens (tertiary/aromatic N) is 1. The molecule has 0 fully saturated rings. The van der Waals surface area contributed by atoms with Crippen molar-refractivity contribution < 1.29 is 4.79 Å². The Hall–Kier alpha value is -1.71. The standard InChI is InChI=1S/C14H21N3O/c1-4-9(2)17(3)13-8-12-10(7-11(13)15)5-6-14(18)16-12/h7-9H,4-6,15H2,1-3H3,(H,16,18). The second-order valence-corrected chi connectivity index (χ2v) is 4.98. The van der Waals surface area contributed by atoms with E-state index >= 15 is 0 Å². The predicted molar refractivity (Wildman–Crippen MR) is 76.0 cm³/mol. The van der Waals surface area contributed by atoms with Gasteiger partial charge < -0.3 is 16.0 Å². The van der Waals surface area contributed by atoms with E-state index in [4.69, 9.17) is 5.73 Å². The highest BCUT2D eigenvalue weighted by molar-refractivity contribution is 5.95. The Balaban J connectivity index is 2.37. The lowest BCUT2D eigenvalue weighted by molar-refractivity contribution is -0.116. The maximum Gasteiger partial charge on any atom is 0.224 e. The molecule has 1 amide bonds. The number of nitrogen functional groups attached to an aromatic ring is 1. The summed E-state index contributed by atoms with van der Waals surface area (Å²) in [5, 5.41) is 2.92. The van der Waals surface area contributed by atoms with E-state index in [1.807, 2.05) is 19.2 Å². The Labute approximate surface area is 108 Å². The summed E-state index contributed by atoms with van der Waals surface area (Å²) in [6, 6.07) is 4.40.